The van der Waals surface area contributed by atoms with E-state index < -0.39 is 0 Å². The maximum Gasteiger partial charge on any atom is 0.100 e. The van der Waals surface area contributed by atoms with Crippen LogP contribution in [0.5, 0.6) is 0 Å². The molecule has 1 heterocycles. The molecule has 1 aromatic heterocycles. The first-order chi connectivity index (χ1) is 7.45. The van der Waals surface area contributed by atoms with E-state index in [2.05, 4.69) is 28.6 Å². The van der Waals surface area contributed by atoms with Crippen LogP contribution >= 0.6 is 11.8 Å². The lowest BCUT2D eigenvalue weighted by Gasteiger charge is -1.93. The Bertz CT molecular complexity index is 423. The fourth-order valence-electron chi connectivity index (χ4n) is 1.16. The summed E-state index contributed by atoms with van der Waals surface area (Å²) < 4.78 is 0. The van der Waals surface area contributed by atoms with Crippen molar-refractivity contribution in [2.75, 3.05) is 0 Å². The van der Waals surface area contributed by atoms with Crippen LogP contribution in [0.25, 0.3) is 6.08 Å². The second kappa shape index (κ2) is 5.37. The predicted molar refractivity (Wildman–Crippen MR) is 65.6 cm³/mol. The number of thioether (sulfide) groups is 1. The van der Waals surface area contributed by atoms with Gasteiger partial charge in [0.25, 0.3) is 0 Å². The maximum atomic E-state index is 4.22. The van der Waals surface area contributed by atoms with E-state index >= 15 is 0 Å². The van der Waals surface area contributed by atoms with Gasteiger partial charge in [0.15, 0.2) is 0 Å². The van der Waals surface area contributed by atoms with Crippen molar-refractivity contribution in [1.82, 2.24) is 4.98 Å². The number of aromatic nitrogens is 1. The van der Waals surface area contributed by atoms with Crippen molar-refractivity contribution in [3.05, 3.63) is 65.7 Å². The number of benzene rings is 1. The average molecular weight is 213 g/mol. The normalized spacial score (nSPS) is 10.7. The molecule has 2 rings (SSSR count). The van der Waals surface area contributed by atoms with Gasteiger partial charge in [0.05, 0.1) is 0 Å². The Labute approximate surface area is 93.9 Å². The molecule has 0 atom stereocenters. The fraction of sp³-hybridized carbons (Fsp3) is 0. The van der Waals surface area contributed by atoms with Gasteiger partial charge >= 0.3 is 0 Å². The highest BCUT2D eigenvalue weighted by molar-refractivity contribution is 8.02. The first-order valence-electron chi connectivity index (χ1n) is 4.74. The van der Waals surface area contributed by atoms with Crippen LogP contribution in [0.4, 0.5) is 0 Å². The molecule has 0 bridgehead atoms. The lowest BCUT2D eigenvalue weighted by Crippen LogP contribution is -1.73. The third kappa shape index (κ3) is 3.26. The van der Waals surface area contributed by atoms with Crippen LogP contribution in [0.1, 0.15) is 5.56 Å². The minimum atomic E-state index is 1.02. The highest BCUT2D eigenvalue weighted by Crippen LogP contribution is 2.16. The van der Waals surface area contributed by atoms with Crippen molar-refractivity contribution in [2.24, 2.45) is 0 Å². The Kier molecular flexibility index (Phi) is 3.58. The molecule has 0 fully saturated rings. The molecule has 0 saturated heterocycles. The summed E-state index contributed by atoms with van der Waals surface area (Å²) in [6.07, 6.45) is 3.89. The topological polar surface area (TPSA) is 12.9 Å². The molecule has 0 spiro atoms. The van der Waals surface area contributed by atoms with Gasteiger partial charge in [0, 0.05) is 6.20 Å². The van der Waals surface area contributed by atoms with Crippen LogP contribution in [0.3, 0.4) is 0 Å². The molecule has 0 aliphatic rings. The van der Waals surface area contributed by atoms with Crippen LogP contribution in [0, 0.1) is 0 Å². The summed E-state index contributed by atoms with van der Waals surface area (Å²) in [7, 11) is 0. The molecular weight excluding hydrogens is 202 g/mol. The van der Waals surface area contributed by atoms with Crippen LogP contribution in [0.2, 0.25) is 0 Å². The molecule has 15 heavy (non-hydrogen) atoms. The average Bonchev–Trinajstić information content (AvgIpc) is 2.32. The third-order valence-corrected chi connectivity index (χ3v) is 2.64. The standard InChI is InChI=1S/C13H11NS/c1-2-6-12(7-3-1)9-11-15-13-8-4-5-10-14-13/h1-11H. The van der Waals surface area contributed by atoms with Crippen molar-refractivity contribution in [1.29, 1.82) is 0 Å². The number of hydrogen-bond acceptors (Lipinski definition) is 2. The molecule has 1 nitrogen and oxygen atoms in total. The van der Waals surface area contributed by atoms with Crippen molar-refractivity contribution in [3.63, 3.8) is 0 Å². The molecule has 0 aliphatic heterocycles. The van der Waals surface area contributed by atoms with Gasteiger partial charge in [-0.05, 0) is 29.2 Å². The van der Waals surface area contributed by atoms with Crippen LogP contribution in [-0.4, -0.2) is 4.98 Å². The number of nitrogens with zero attached hydrogens (tertiary/aromatic N) is 1. The van der Waals surface area contributed by atoms with E-state index in [1.807, 2.05) is 36.4 Å². The van der Waals surface area contributed by atoms with Gasteiger partial charge in [0.2, 0.25) is 0 Å². The summed E-state index contributed by atoms with van der Waals surface area (Å²) in [5.41, 5.74) is 1.21. The second-order valence-corrected chi connectivity index (χ2v) is 3.93. The van der Waals surface area contributed by atoms with Crippen LogP contribution < -0.4 is 0 Å². The second-order valence-electron chi connectivity index (χ2n) is 3.00. The van der Waals surface area contributed by atoms with Crippen LogP contribution in [-0.2, 0) is 0 Å². The predicted octanol–water partition coefficient (Wildman–Crippen LogP) is 3.84. The molecule has 74 valence electrons. The van der Waals surface area contributed by atoms with Gasteiger partial charge < -0.3 is 0 Å². The van der Waals surface area contributed by atoms with Crippen molar-refractivity contribution < 1.29 is 0 Å². The largest absolute Gasteiger partial charge is 0.250 e. The first kappa shape index (κ1) is 9.99. The number of rotatable bonds is 3. The smallest absolute Gasteiger partial charge is 0.100 e. The monoisotopic (exact) mass is 213 g/mol. The SMILES string of the molecule is C(=Cc1ccccc1)Sc1ccccn1. The summed E-state index contributed by atoms with van der Waals surface area (Å²) in [4.78, 5) is 4.22. The van der Waals surface area contributed by atoms with E-state index in [1.54, 1.807) is 18.0 Å². The molecule has 0 unspecified atom stereocenters. The molecular formula is C13H11NS. The summed E-state index contributed by atoms with van der Waals surface area (Å²) >= 11 is 1.62. The Morgan fingerprint density at radius 1 is 0.933 bits per heavy atom. The molecule has 0 saturated carbocycles. The van der Waals surface area contributed by atoms with E-state index in [4.69, 9.17) is 0 Å². The van der Waals surface area contributed by atoms with Crippen molar-refractivity contribution >= 4 is 17.8 Å². The molecule has 2 heteroatoms. The lowest BCUT2D eigenvalue weighted by atomic mass is 10.2. The van der Waals surface area contributed by atoms with Gasteiger partial charge in [0.1, 0.15) is 5.03 Å². The zero-order chi connectivity index (χ0) is 10.3. The molecule has 0 aliphatic carbocycles. The summed E-state index contributed by atoms with van der Waals surface area (Å²) in [6, 6.07) is 16.2. The highest BCUT2D eigenvalue weighted by atomic mass is 32.2. The van der Waals surface area contributed by atoms with E-state index in [0.717, 1.165) is 5.03 Å². The Morgan fingerprint density at radius 3 is 2.47 bits per heavy atom. The summed E-state index contributed by atoms with van der Waals surface area (Å²) in [5.74, 6) is 0. The van der Waals surface area contributed by atoms with E-state index in [-0.39, 0.29) is 0 Å². The summed E-state index contributed by atoms with van der Waals surface area (Å²) in [6.45, 7) is 0. The minimum absolute atomic E-state index is 1.02. The Morgan fingerprint density at radius 2 is 1.73 bits per heavy atom. The molecule has 0 amide bonds. The quantitative estimate of drug-likeness (QED) is 0.718. The van der Waals surface area contributed by atoms with E-state index in [1.165, 1.54) is 5.56 Å². The van der Waals surface area contributed by atoms with Gasteiger partial charge in [-0.25, -0.2) is 4.98 Å². The van der Waals surface area contributed by atoms with Crippen LogP contribution in [0.15, 0.2) is 65.2 Å². The Balaban J connectivity index is 1.97. The van der Waals surface area contributed by atoms with Crippen molar-refractivity contribution in [2.45, 2.75) is 5.03 Å². The fourth-order valence-corrected chi connectivity index (χ4v) is 1.81. The van der Waals surface area contributed by atoms with Crippen molar-refractivity contribution in [3.8, 4) is 0 Å². The molecule has 0 N–H and O–H groups in total. The van der Waals surface area contributed by atoms with E-state index in [9.17, 15) is 0 Å². The van der Waals surface area contributed by atoms with Gasteiger partial charge in [-0.2, -0.15) is 0 Å². The van der Waals surface area contributed by atoms with E-state index in [0.29, 0.717) is 0 Å². The third-order valence-electron chi connectivity index (χ3n) is 1.89. The zero-order valence-corrected chi connectivity index (χ0v) is 9.02. The zero-order valence-electron chi connectivity index (χ0n) is 8.21. The first-order valence-corrected chi connectivity index (χ1v) is 5.62. The van der Waals surface area contributed by atoms with Gasteiger partial charge in [-0.15, -0.1) is 0 Å². The van der Waals surface area contributed by atoms with Gasteiger partial charge in [-0.3, -0.25) is 0 Å². The Hall–Kier alpha value is -1.54. The summed E-state index contributed by atoms with van der Waals surface area (Å²) in [5, 5.41) is 3.07. The number of hydrogen-bond donors (Lipinski definition) is 0. The maximum absolute atomic E-state index is 4.22. The molecule has 2 aromatic rings. The number of pyridine rings is 1. The molecule has 1 aromatic carbocycles. The highest BCUT2D eigenvalue weighted by Gasteiger charge is 1.88. The lowest BCUT2D eigenvalue weighted by molar-refractivity contribution is 1.14. The minimum Gasteiger partial charge on any atom is -0.250 e. The van der Waals surface area contributed by atoms with Gasteiger partial charge in [-0.1, -0.05) is 48.2 Å². The molecule has 0 radical (unpaired) electrons.